The van der Waals surface area contributed by atoms with E-state index in [4.69, 9.17) is 9.15 Å². The first kappa shape index (κ1) is 24.0. The summed E-state index contributed by atoms with van der Waals surface area (Å²) in [5.41, 5.74) is 1.25. The number of hydrogen-bond acceptors (Lipinski definition) is 6. The molecule has 0 bridgehead atoms. The maximum absolute atomic E-state index is 13.5. The van der Waals surface area contributed by atoms with Gasteiger partial charge in [-0.15, -0.1) is 0 Å². The van der Waals surface area contributed by atoms with Gasteiger partial charge in [0.1, 0.15) is 16.2 Å². The van der Waals surface area contributed by atoms with Crippen molar-refractivity contribution in [3.63, 3.8) is 0 Å². The first-order valence-electron chi connectivity index (χ1n) is 11.1. The number of anilines is 1. The van der Waals surface area contributed by atoms with Crippen molar-refractivity contribution in [2.24, 2.45) is 11.8 Å². The van der Waals surface area contributed by atoms with Crippen LogP contribution >= 0.6 is 0 Å². The Bertz CT molecular complexity index is 1400. The Labute approximate surface area is 198 Å². The Hall–Kier alpha value is -3.17. The molecule has 2 aromatic carbocycles. The minimum absolute atomic E-state index is 0.0379. The smallest absolute Gasteiger partial charge is 0.336 e. The van der Waals surface area contributed by atoms with Crippen molar-refractivity contribution in [1.82, 2.24) is 4.31 Å². The predicted octanol–water partition coefficient (Wildman–Crippen LogP) is 4.03. The molecule has 1 aliphatic heterocycles. The van der Waals surface area contributed by atoms with Crippen LogP contribution in [0.5, 0.6) is 5.75 Å². The molecule has 1 N–H and O–H groups in total. The zero-order chi connectivity index (χ0) is 24.6. The lowest BCUT2D eigenvalue weighted by atomic mass is 9.94. The molecule has 1 saturated heterocycles. The molecule has 9 heteroatoms. The molecule has 1 amide bonds. The summed E-state index contributed by atoms with van der Waals surface area (Å²) in [6.45, 7) is 6.72. The van der Waals surface area contributed by atoms with Gasteiger partial charge in [-0.1, -0.05) is 13.8 Å². The van der Waals surface area contributed by atoms with Crippen molar-refractivity contribution in [3.8, 4) is 5.75 Å². The Kier molecular flexibility index (Phi) is 6.51. The van der Waals surface area contributed by atoms with Gasteiger partial charge in [-0.2, -0.15) is 4.31 Å². The van der Waals surface area contributed by atoms with E-state index in [-0.39, 0.29) is 28.0 Å². The summed E-state index contributed by atoms with van der Waals surface area (Å²) < 4.78 is 39.0. The maximum atomic E-state index is 13.5. The van der Waals surface area contributed by atoms with E-state index in [2.05, 4.69) is 5.32 Å². The number of ether oxygens (including phenoxy) is 1. The van der Waals surface area contributed by atoms with Crippen LogP contribution in [0.4, 0.5) is 5.69 Å². The highest BCUT2D eigenvalue weighted by atomic mass is 32.2. The molecule has 1 aromatic heterocycles. The second-order valence-electron chi connectivity index (χ2n) is 9.05. The van der Waals surface area contributed by atoms with Crippen LogP contribution in [0.15, 0.2) is 56.6 Å². The first-order chi connectivity index (χ1) is 16.1. The Balaban J connectivity index is 1.65. The van der Waals surface area contributed by atoms with E-state index < -0.39 is 21.6 Å². The van der Waals surface area contributed by atoms with Crippen LogP contribution in [0.3, 0.4) is 0 Å². The second kappa shape index (κ2) is 9.23. The van der Waals surface area contributed by atoms with E-state index in [1.165, 1.54) is 35.7 Å². The SMILES string of the molecule is COc1ccc(C(=O)Nc2ccc3c(C)cc(=O)oc3c2)cc1S(=O)(=O)N1C[C@H](C)C[C@H](C)C1. The van der Waals surface area contributed by atoms with Crippen molar-refractivity contribution < 1.29 is 22.4 Å². The van der Waals surface area contributed by atoms with Crippen molar-refractivity contribution >= 4 is 32.6 Å². The zero-order valence-electron chi connectivity index (χ0n) is 19.6. The van der Waals surface area contributed by atoms with Gasteiger partial charge in [0.15, 0.2) is 0 Å². The predicted molar refractivity (Wildman–Crippen MR) is 130 cm³/mol. The fourth-order valence-electron chi connectivity index (χ4n) is 4.57. The van der Waals surface area contributed by atoms with Gasteiger partial charge in [-0.3, -0.25) is 4.79 Å². The van der Waals surface area contributed by atoms with Gasteiger partial charge in [-0.25, -0.2) is 13.2 Å². The average Bonchev–Trinajstić information content (AvgIpc) is 2.77. The van der Waals surface area contributed by atoms with Crippen LogP contribution in [0.25, 0.3) is 11.0 Å². The molecule has 1 fully saturated rings. The molecule has 34 heavy (non-hydrogen) atoms. The van der Waals surface area contributed by atoms with Gasteiger partial charge >= 0.3 is 5.63 Å². The van der Waals surface area contributed by atoms with Gasteiger partial charge in [0, 0.05) is 41.9 Å². The standard InChI is InChI=1S/C25H28N2O6S/c1-15-9-16(2)14-27(13-15)34(30,31)23-11-18(5-8-21(23)32-4)25(29)26-19-6-7-20-17(3)10-24(28)33-22(20)12-19/h5-8,10-12,15-16H,9,13-14H2,1-4H3,(H,26,29)/t15-,16+. The summed E-state index contributed by atoms with van der Waals surface area (Å²) in [5, 5.41) is 3.51. The molecule has 0 spiro atoms. The molecule has 0 aliphatic carbocycles. The van der Waals surface area contributed by atoms with Gasteiger partial charge in [0.25, 0.3) is 5.91 Å². The van der Waals surface area contributed by atoms with E-state index in [0.29, 0.717) is 24.4 Å². The quantitative estimate of drug-likeness (QED) is 0.548. The summed E-state index contributed by atoms with van der Waals surface area (Å²) >= 11 is 0. The summed E-state index contributed by atoms with van der Waals surface area (Å²) in [6.07, 6.45) is 0.969. The van der Waals surface area contributed by atoms with Gasteiger partial charge in [-0.05, 0) is 61.1 Å². The summed E-state index contributed by atoms with van der Waals surface area (Å²) in [4.78, 5) is 24.6. The van der Waals surface area contributed by atoms with Crippen molar-refractivity contribution in [2.45, 2.75) is 32.1 Å². The van der Waals surface area contributed by atoms with Crippen molar-refractivity contribution in [3.05, 3.63) is 64.0 Å². The Morgan fingerprint density at radius 2 is 1.79 bits per heavy atom. The Morgan fingerprint density at radius 3 is 2.47 bits per heavy atom. The number of carbonyl (C=O) groups is 1. The number of rotatable bonds is 5. The number of aryl methyl sites for hydroxylation is 1. The van der Waals surface area contributed by atoms with Crippen LogP contribution < -0.4 is 15.7 Å². The molecule has 2 heterocycles. The minimum atomic E-state index is -3.86. The molecular weight excluding hydrogens is 456 g/mol. The van der Waals surface area contributed by atoms with Crippen LogP contribution in [-0.2, 0) is 10.0 Å². The number of carbonyl (C=O) groups excluding carboxylic acids is 1. The minimum Gasteiger partial charge on any atom is -0.495 e. The third-order valence-corrected chi connectivity index (χ3v) is 7.94. The lowest BCUT2D eigenvalue weighted by molar-refractivity contribution is 0.102. The fourth-order valence-corrected chi connectivity index (χ4v) is 6.43. The van der Waals surface area contributed by atoms with E-state index in [9.17, 15) is 18.0 Å². The number of nitrogens with zero attached hydrogens (tertiary/aromatic N) is 1. The van der Waals surface area contributed by atoms with Crippen molar-refractivity contribution in [2.75, 3.05) is 25.5 Å². The van der Waals surface area contributed by atoms with Gasteiger partial charge in [0.2, 0.25) is 10.0 Å². The second-order valence-corrected chi connectivity index (χ2v) is 11.0. The molecular formula is C25H28N2O6S. The first-order valence-corrected chi connectivity index (χ1v) is 12.6. The largest absolute Gasteiger partial charge is 0.495 e. The number of methoxy groups -OCH3 is 1. The van der Waals surface area contributed by atoms with Crippen LogP contribution in [0.2, 0.25) is 0 Å². The van der Waals surface area contributed by atoms with E-state index in [1.807, 2.05) is 13.8 Å². The monoisotopic (exact) mass is 484 g/mol. The molecule has 2 atom stereocenters. The summed E-state index contributed by atoms with van der Waals surface area (Å²) in [7, 11) is -2.46. The molecule has 8 nitrogen and oxygen atoms in total. The number of amides is 1. The zero-order valence-corrected chi connectivity index (χ0v) is 20.4. The van der Waals surface area contributed by atoms with Crippen molar-refractivity contribution in [1.29, 1.82) is 0 Å². The van der Waals surface area contributed by atoms with Crippen LogP contribution in [0.1, 0.15) is 36.2 Å². The third kappa shape index (κ3) is 4.71. The molecule has 0 saturated carbocycles. The fraction of sp³-hybridized carbons (Fsp3) is 0.360. The number of piperidine rings is 1. The summed E-state index contributed by atoms with van der Waals surface area (Å²) in [5.74, 6) is 0.180. The molecule has 3 aromatic rings. The number of hydrogen-bond donors (Lipinski definition) is 1. The lowest BCUT2D eigenvalue weighted by Crippen LogP contribution is -2.42. The highest BCUT2D eigenvalue weighted by Crippen LogP contribution is 2.32. The van der Waals surface area contributed by atoms with Gasteiger partial charge < -0.3 is 14.5 Å². The highest BCUT2D eigenvalue weighted by Gasteiger charge is 2.34. The number of fused-ring (bicyclic) bond motifs is 1. The molecule has 0 unspecified atom stereocenters. The van der Waals surface area contributed by atoms with E-state index >= 15 is 0 Å². The van der Waals surface area contributed by atoms with Gasteiger partial charge in [0.05, 0.1) is 7.11 Å². The number of benzene rings is 2. The van der Waals surface area contributed by atoms with Crippen LogP contribution in [0, 0.1) is 18.8 Å². The lowest BCUT2D eigenvalue weighted by Gasteiger charge is -2.34. The third-order valence-electron chi connectivity index (χ3n) is 6.09. The molecule has 4 rings (SSSR count). The molecule has 0 radical (unpaired) electrons. The normalized spacial score (nSPS) is 19.2. The van der Waals surface area contributed by atoms with Crippen LogP contribution in [-0.4, -0.2) is 38.8 Å². The number of nitrogens with one attached hydrogen (secondary N) is 1. The maximum Gasteiger partial charge on any atom is 0.336 e. The summed E-state index contributed by atoms with van der Waals surface area (Å²) in [6, 6.07) is 10.8. The average molecular weight is 485 g/mol. The highest BCUT2D eigenvalue weighted by molar-refractivity contribution is 7.89. The number of sulfonamides is 1. The molecule has 1 aliphatic rings. The van der Waals surface area contributed by atoms with E-state index in [1.54, 1.807) is 25.1 Å². The van der Waals surface area contributed by atoms with E-state index in [0.717, 1.165) is 17.4 Å². The Morgan fingerprint density at radius 1 is 1.09 bits per heavy atom. The topological polar surface area (TPSA) is 106 Å². The molecule has 180 valence electrons.